The zero-order valence-corrected chi connectivity index (χ0v) is 25.0. The molecule has 0 aliphatic carbocycles. The Hall–Kier alpha value is -4.18. The first-order valence-corrected chi connectivity index (χ1v) is 14.1. The summed E-state index contributed by atoms with van der Waals surface area (Å²) in [6.45, 7) is 6.61. The molecule has 1 atom stereocenters. The largest absolute Gasteiger partial charge is 0.495 e. The van der Waals surface area contributed by atoms with Crippen LogP contribution in [0.2, 0.25) is 0 Å². The first kappa shape index (κ1) is 29.8. The van der Waals surface area contributed by atoms with Gasteiger partial charge in [-0.2, -0.15) is 0 Å². The summed E-state index contributed by atoms with van der Waals surface area (Å²) >= 11 is 3.46. The predicted octanol–water partition coefficient (Wildman–Crippen LogP) is 5.74. The van der Waals surface area contributed by atoms with Crippen LogP contribution in [0.25, 0.3) is 10.9 Å². The Labute approximate surface area is 246 Å². The van der Waals surface area contributed by atoms with Gasteiger partial charge in [-0.05, 0) is 69.2 Å². The van der Waals surface area contributed by atoms with E-state index < -0.39 is 16.7 Å². The van der Waals surface area contributed by atoms with Gasteiger partial charge in [-0.3, -0.25) is 14.2 Å². The van der Waals surface area contributed by atoms with Gasteiger partial charge in [0.1, 0.15) is 17.3 Å². The highest BCUT2D eigenvalue weighted by Gasteiger charge is 2.25. The lowest BCUT2D eigenvalue weighted by atomic mass is 10.1. The summed E-state index contributed by atoms with van der Waals surface area (Å²) in [4.78, 5) is 42.9. The van der Waals surface area contributed by atoms with E-state index in [0.717, 1.165) is 16.9 Å². The van der Waals surface area contributed by atoms with Crippen LogP contribution in [0.3, 0.4) is 0 Å². The average molecular weight is 623 g/mol. The van der Waals surface area contributed by atoms with Crippen LogP contribution in [0.15, 0.2) is 65.5 Å². The summed E-state index contributed by atoms with van der Waals surface area (Å²) in [5.41, 5.74) is 2.96. The van der Waals surface area contributed by atoms with E-state index in [1.54, 1.807) is 43.3 Å². The lowest BCUT2D eigenvalue weighted by Gasteiger charge is -2.18. The maximum absolute atomic E-state index is 13.5. The Balaban J connectivity index is 1.59. The van der Waals surface area contributed by atoms with E-state index in [2.05, 4.69) is 32.3 Å². The minimum Gasteiger partial charge on any atom is -0.495 e. The second kappa shape index (κ2) is 13.5. The van der Waals surface area contributed by atoms with Gasteiger partial charge in [0.25, 0.3) is 5.56 Å². The number of para-hydroxylation sites is 1. The molecule has 1 aromatic heterocycles. The van der Waals surface area contributed by atoms with E-state index in [9.17, 15) is 14.4 Å². The number of halogens is 1. The van der Waals surface area contributed by atoms with E-state index in [1.165, 1.54) is 17.7 Å². The summed E-state index contributed by atoms with van der Waals surface area (Å²) in [7, 11) is 1.46. The zero-order chi connectivity index (χ0) is 29.5. The van der Waals surface area contributed by atoms with Gasteiger partial charge in [-0.15, -0.1) is 0 Å². The summed E-state index contributed by atoms with van der Waals surface area (Å²) in [6.07, 6.45) is 0.511. The van der Waals surface area contributed by atoms with Gasteiger partial charge in [0.05, 0.1) is 42.5 Å². The number of nitrogens with one attached hydrogen (secondary N) is 1. The van der Waals surface area contributed by atoms with Gasteiger partial charge >= 0.3 is 5.97 Å². The number of aryl methyl sites for hydroxylation is 2. The van der Waals surface area contributed by atoms with E-state index in [-0.39, 0.29) is 35.8 Å². The van der Waals surface area contributed by atoms with Crippen LogP contribution in [-0.4, -0.2) is 41.8 Å². The molecule has 0 radical (unpaired) electrons. The van der Waals surface area contributed by atoms with Gasteiger partial charge in [0, 0.05) is 6.54 Å². The fourth-order valence-corrected chi connectivity index (χ4v) is 4.89. The molecule has 0 aliphatic rings. The molecule has 1 N–H and O–H groups in total. The predicted molar refractivity (Wildman–Crippen MR) is 161 cm³/mol. The molecular formula is C31H32BrN3O6. The lowest BCUT2D eigenvalue weighted by Crippen LogP contribution is -2.30. The molecule has 1 heterocycles. The molecule has 41 heavy (non-hydrogen) atoms. The van der Waals surface area contributed by atoms with E-state index >= 15 is 0 Å². The first-order valence-electron chi connectivity index (χ1n) is 13.2. The van der Waals surface area contributed by atoms with Gasteiger partial charge in [0.15, 0.2) is 4.83 Å². The van der Waals surface area contributed by atoms with Crippen LogP contribution < -0.4 is 20.3 Å². The van der Waals surface area contributed by atoms with Crippen LogP contribution in [0.1, 0.15) is 45.5 Å². The third-order valence-corrected chi connectivity index (χ3v) is 7.26. The normalized spacial score (nSPS) is 11.6. The van der Waals surface area contributed by atoms with Crippen LogP contribution in [0.5, 0.6) is 11.5 Å². The number of aromatic nitrogens is 2. The monoisotopic (exact) mass is 621 g/mol. The Bertz CT molecular complexity index is 1630. The Morgan fingerprint density at radius 3 is 2.54 bits per heavy atom. The third kappa shape index (κ3) is 6.94. The Morgan fingerprint density at radius 1 is 1.05 bits per heavy atom. The van der Waals surface area contributed by atoms with Crippen molar-refractivity contribution in [2.45, 2.75) is 38.6 Å². The van der Waals surface area contributed by atoms with Crippen molar-refractivity contribution < 1.29 is 23.8 Å². The molecule has 1 unspecified atom stereocenters. The molecule has 9 nitrogen and oxygen atoms in total. The van der Waals surface area contributed by atoms with Gasteiger partial charge < -0.3 is 19.5 Å². The molecule has 0 fully saturated rings. The molecule has 1 amide bonds. The number of fused-ring (bicyclic) bond motifs is 1. The summed E-state index contributed by atoms with van der Waals surface area (Å²) in [6, 6.07) is 17.6. The quantitative estimate of drug-likeness (QED) is 0.129. The minimum absolute atomic E-state index is 0.219. The van der Waals surface area contributed by atoms with Crippen molar-refractivity contribution in [3.8, 4) is 11.5 Å². The first-order chi connectivity index (χ1) is 19.7. The number of methoxy groups -OCH3 is 1. The molecule has 10 heteroatoms. The Morgan fingerprint density at radius 2 is 1.80 bits per heavy atom. The number of carbonyl (C=O) groups is 2. The number of hydrogen-bond acceptors (Lipinski definition) is 7. The highest BCUT2D eigenvalue weighted by molar-refractivity contribution is 9.09. The summed E-state index contributed by atoms with van der Waals surface area (Å²) < 4.78 is 17.9. The SMILES string of the molecule is CCOC(=O)c1ccc(OC)c(NC(=O)C(Br)c2nc3ccccc3c(=O)n2CCCOc2ccc(C)cc2C)c1. The number of alkyl halides is 1. The van der Waals surface area contributed by atoms with Crippen molar-refractivity contribution in [1.29, 1.82) is 0 Å². The number of rotatable bonds is 11. The number of esters is 1. The summed E-state index contributed by atoms with van der Waals surface area (Å²) in [5.74, 6) is 0.384. The third-order valence-electron chi connectivity index (χ3n) is 6.43. The van der Waals surface area contributed by atoms with Gasteiger partial charge in [-0.1, -0.05) is 45.8 Å². The van der Waals surface area contributed by atoms with E-state index in [4.69, 9.17) is 14.2 Å². The maximum atomic E-state index is 13.5. The second-order valence-corrected chi connectivity index (χ2v) is 10.3. The molecule has 0 spiro atoms. The number of anilines is 1. The van der Waals surface area contributed by atoms with Crippen LogP contribution in [0.4, 0.5) is 5.69 Å². The van der Waals surface area contributed by atoms with E-state index in [0.29, 0.717) is 29.7 Å². The van der Waals surface area contributed by atoms with Crippen LogP contribution in [0, 0.1) is 13.8 Å². The molecule has 0 saturated heterocycles. The highest BCUT2D eigenvalue weighted by atomic mass is 79.9. The van der Waals surface area contributed by atoms with Crippen molar-refractivity contribution in [1.82, 2.24) is 9.55 Å². The fraction of sp³-hybridized carbons (Fsp3) is 0.290. The van der Waals surface area contributed by atoms with Crippen molar-refractivity contribution >= 4 is 44.4 Å². The van der Waals surface area contributed by atoms with Crippen molar-refractivity contribution in [2.75, 3.05) is 25.6 Å². The topological polar surface area (TPSA) is 109 Å². The second-order valence-electron chi connectivity index (χ2n) is 9.40. The zero-order valence-electron chi connectivity index (χ0n) is 23.4. The van der Waals surface area contributed by atoms with E-state index in [1.807, 2.05) is 26.0 Å². The molecule has 0 saturated carbocycles. The van der Waals surface area contributed by atoms with Gasteiger partial charge in [0.2, 0.25) is 5.91 Å². The number of carbonyl (C=O) groups excluding carboxylic acids is 2. The van der Waals surface area contributed by atoms with Crippen molar-refractivity contribution in [3.05, 3.63) is 93.5 Å². The summed E-state index contributed by atoms with van der Waals surface area (Å²) in [5, 5.41) is 3.25. The minimum atomic E-state index is -0.990. The molecule has 3 aromatic carbocycles. The molecule has 0 bridgehead atoms. The highest BCUT2D eigenvalue weighted by Crippen LogP contribution is 2.30. The van der Waals surface area contributed by atoms with Crippen LogP contribution >= 0.6 is 15.9 Å². The number of hydrogen-bond donors (Lipinski definition) is 1. The number of nitrogens with zero attached hydrogens (tertiary/aromatic N) is 2. The van der Waals surface area contributed by atoms with Crippen molar-refractivity contribution in [2.24, 2.45) is 0 Å². The standard InChI is InChI=1S/C31H32BrN3O6/c1-5-40-31(38)21-12-14-26(39-4)24(18-21)34-29(36)27(32)28-33-23-10-7-6-9-22(23)30(37)35(28)15-8-16-41-25-13-11-19(2)17-20(25)3/h6-7,9-14,17-18,27H,5,8,15-16H2,1-4H3,(H,34,36). The molecule has 0 aliphatic heterocycles. The van der Waals surface area contributed by atoms with Crippen molar-refractivity contribution in [3.63, 3.8) is 0 Å². The number of ether oxygens (including phenoxy) is 3. The fourth-order valence-electron chi connectivity index (χ4n) is 4.42. The molecule has 214 valence electrons. The van der Waals surface area contributed by atoms with Gasteiger partial charge in [-0.25, -0.2) is 9.78 Å². The maximum Gasteiger partial charge on any atom is 0.338 e. The lowest BCUT2D eigenvalue weighted by molar-refractivity contribution is -0.115. The molecular weight excluding hydrogens is 590 g/mol. The number of amides is 1. The van der Waals surface area contributed by atoms with Crippen LogP contribution in [-0.2, 0) is 16.1 Å². The Kier molecular flexibility index (Phi) is 9.78. The average Bonchev–Trinajstić information content (AvgIpc) is 2.96. The smallest absolute Gasteiger partial charge is 0.338 e. The molecule has 4 rings (SSSR count). The molecule has 4 aromatic rings. The number of benzene rings is 3.